The molecule has 0 saturated carbocycles. The summed E-state index contributed by atoms with van der Waals surface area (Å²) < 4.78 is 5.66. The van der Waals surface area contributed by atoms with Crippen molar-refractivity contribution in [3.05, 3.63) is 21.4 Å². The molecule has 1 fully saturated rings. The Kier molecular flexibility index (Phi) is 5.54. The largest absolute Gasteiger partial charge is 0.378 e. The van der Waals surface area contributed by atoms with Gasteiger partial charge in [-0.15, -0.1) is 11.3 Å². The molecule has 0 aromatic carbocycles. The van der Waals surface area contributed by atoms with E-state index in [1.165, 1.54) is 21.8 Å². The Morgan fingerprint density at radius 2 is 2.25 bits per heavy atom. The summed E-state index contributed by atoms with van der Waals surface area (Å²) in [5, 5.41) is 0. The number of nitrogens with two attached hydrogens (primary N) is 1. The van der Waals surface area contributed by atoms with Crippen LogP contribution in [0, 0.1) is 6.92 Å². The van der Waals surface area contributed by atoms with Gasteiger partial charge in [0.1, 0.15) is 0 Å². The van der Waals surface area contributed by atoms with E-state index in [0.717, 1.165) is 39.1 Å². The number of nitrogen functional groups attached to an aromatic ring is 1. The number of nitrogens with zero attached hydrogens (tertiary/aromatic N) is 1. The lowest BCUT2D eigenvalue weighted by atomic mass is 10.1. The van der Waals surface area contributed by atoms with E-state index in [-0.39, 0.29) is 5.91 Å². The topological polar surface area (TPSA) is 67.6 Å². The standard InChI is InChI=1S/C14H23N3O2S/c1-3-19-12-4-6-17(7-5-12)9-11-8-13(14(18)16-15)20-10(11)2/h8,12H,3-7,9,15H2,1-2H3,(H,16,18). The molecule has 2 rings (SSSR count). The predicted octanol–water partition coefficient (Wildman–Crippen LogP) is 1.66. The number of thiophene rings is 1. The van der Waals surface area contributed by atoms with Crippen LogP contribution < -0.4 is 11.3 Å². The predicted molar refractivity (Wildman–Crippen MR) is 80.6 cm³/mol. The Morgan fingerprint density at radius 1 is 1.55 bits per heavy atom. The lowest BCUT2D eigenvalue weighted by Gasteiger charge is -2.31. The number of nitrogens with one attached hydrogen (secondary N) is 1. The number of ether oxygens (including phenoxy) is 1. The molecule has 0 spiro atoms. The van der Waals surface area contributed by atoms with Crippen molar-refractivity contribution < 1.29 is 9.53 Å². The fraction of sp³-hybridized carbons (Fsp3) is 0.643. The van der Waals surface area contributed by atoms with Crippen LogP contribution in [-0.4, -0.2) is 36.6 Å². The SMILES string of the molecule is CCOC1CCN(Cc2cc(C(=O)NN)sc2C)CC1. The smallest absolute Gasteiger partial charge is 0.275 e. The summed E-state index contributed by atoms with van der Waals surface area (Å²) in [6.45, 7) is 7.91. The highest BCUT2D eigenvalue weighted by atomic mass is 32.1. The van der Waals surface area contributed by atoms with Crippen LogP contribution in [0.1, 0.15) is 39.9 Å². The average molecular weight is 297 g/mol. The van der Waals surface area contributed by atoms with Crippen LogP contribution in [0.3, 0.4) is 0 Å². The Labute approximate surface area is 124 Å². The molecule has 20 heavy (non-hydrogen) atoms. The second-order valence-electron chi connectivity index (χ2n) is 5.10. The maximum atomic E-state index is 11.5. The minimum atomic E-state index is -0.209. The van der Waals surface area contributed by atoms with Crippen LogP contribution in [0.25, 0.3) is 0 Å². The van der Waals surface area contributed by atoms with Gasteiger partial charge in [-0.25, -0.2) is 5.84 Å². The second-order valence-corrected chi connectivity index (χ2v) is 6.35. The molecule has 1 aliphatic heterocycles. The summed E-state index contributed by atoms with van der Waals surface area (Å²) in [4.78, 5) is 15.8. The highest BCUT2D eigenvalue weighted by Crippen LogP contribution is 2.24. The zero-order chi connectivity index (χ0) is 14.5. The number of carbonyl (C=O) groups excluding carboxylic acids is 1. The minimum Gasteiger partial charge on any atom is -0.378 e. The number of rotatable bonds is 5. The van der Waals surface area contributed by atoms with Crippen LogP contribution in [0.15, 0.2) is 6.07 Å². The van der Waals surface area contributed by atoms with E-state index in [4.69, 9.17) is 10.6 Å². The summed E-state index contributed by atoms with van der Waals surface area (Å²) >= 11 is 1.50. The molecule has 6 heteroatoms. The number of hydrogen-bond donors (Lipinski definition) is 2. The third-order valence-electron chi connectivity index (χ3n) is 3.71. The summed E-state index contributed by atoms with van der Waals surface area (Å²) in [6, 6.07) is 1.96. The normalized spacial score (nSPS) is 17.4. The van der Waals surface area contributed by atoms with Crippen LogP contribution in [-0.2, 0) is 11.3 Å². The van der Waals surface area contributed by atoms with Crippen molar-refractivity contribution in [2.75, 3.05) is 19.7 Å². The van der Waals surface area contributed by atoms with E-state index in [1.54, 1.807) is 0 Å². The molecule has 3 N–H and O–H groups in total. The first-order valence-electron chi connectivity index (χ1n) is 7.08. The molecule has 1 aromatic rings. The molecule has 1 aliphatic rings. The van der Waals surface area contributed by atoms with E-state index in [0.29, 0.717) is 11.0 Å². The van der Waals surface area contributed by atoms with Gasteiger partial charge in [0.2, 0.25) is 0 Å². The van der Waals surface area contributed by atoms with Crippen molar-refractivity contribution in [2.24, 2.45) is 5.84 Å². The molecular formula is C14H23N3O2S. The Hall–Kier alpha value is -0.950. The van der Waals surface area contributed by atoms with Gasteiger partial charge in [0.05, 0.1) is 11.0 Å². The van der Waals surface area contributed by atoms with Crippen molar-refractivity contribution in [2.45, 2.75) is 39.3 Å². The molecular weight excluding hydrogens is 274 g/mol. The molecule has 0 atom stereocenters. The van der Waals surface area contributed by atoms with E-state index in [2.05, 4.69) is 17.2 Å². The zero-order valence-corrected chi connectivity index (χ0v) is 13.0. The van der Waals surface area contributed by atoms with Gasteiger partial charge in [-0.2, -0.15) is 0 Å². The molecule has 1 saturated heterocycles. The van der Waals surface area contributed by atoms with Gasteiger partial charge >= 0.3 is 0 Å². The minimum absolute atomic E-state index is 0.209. The average Bonchev–Trinajstić information content (AvgIpc) is 2.82. The molecule has 2 heterocycles. The highest BCUT2D eigenvalue weighted by molar-refractivity contribution is 7.14. The van der Waals surface area contributed by atoms with Crippen LogP contribution >= 0.6 is 11.3 Å². The molecule has 5 nitrogen and oxygen atoms in total. The molecule has 1 aromatic heterocycles. The maximum Gasteiger partial charge on any atom is 0.275 e. The first-order chi connectivity index (χ1) is 9.63. The van der Waals surface area contributed by atoms with Gasteiger partial charge in [-0.3, -0.25) is 15.1 Å². The molecule has 0 unspecified atom stereocenters. The van der Waals surface area contributed by atoms with Crippen molar-refractivity contribution in [1.82, 2.24) is 10.3 Å². The highest BCUT2D eigenvalue weighted by Gasteiger charge is 2.20. The fourth-order valence-corrected chi connectivity index (χ4v) is 3.51. The van der Waals surface area contributed by atoms with Crippen LogP contribution in [0.4, 0.5) is 0 Å². The third-order valence-corrected chi connectivity index (χ3v) is 4.80. The molecule has 0 aliphatic carbocycles. The first-order valence-corrected chi connectivity index (χ1v) is 7.90. The summed E-state index contributed by atoms with van der Waals surface area (Å²) in [6.07, 6.45) is 2.60. The van der Waals surface area contributed by atoms with Gasteiger partial charge in [0, 0.05) is 31.1 Å². The van der Waals surface area contributed by atoms with Gasteiger partial charge < -0.3 is 4.74 Å². The van der Waals surface area contributed by atoms with E-state index in [1.807, 2.05) is 13.0 Å². The van der Waals surface area contributed by atoms with E-state index < -0.39 is 0 Å². The number of piperidine rings is 1. The van der Waals surface area contributed by atoms with Gasteiger partial charge in [-0.05, 0) is 38.3 Å². The van der Waals surface area contributed by atoms with Gasteiger partial charge in [0.25, 0.3) is 5.91 Å². The number of hydrazine groups is 1. The number of aryl methyl sites for hydroxylation is 1. The van der Waals surface area contributed by atoms with Crippen molar-refractivity contribution >= 4 is 17.2 Å². The number of amides is 1. The van der Waals surface area contributed by atoms with E-state index >= 15 is 0 Å². The second kappa shape index (κ2) is 7.17. The number of carbonyl (C=O) groups is 1. The Morgan fingerprint density at radius 3 is 2.85 bits per heavy atom. The summed E-state index contributed by atoms with van der Waals surface area (Å²) in [5.41, 5.74) is 3.41. The van der Waals surface area contributed by atoms with Crippen molar-refractivity contribution in [1.29, 1.82) is 0 Å². The van der Waals surface area contributed by atoms with Gasteiger partial charge in [0.15, 0.2) is 0 Å². The maximum absolute atomic E-state index is 11.5. The van der Waals surface area contributed by atoms with Crippen molar-refractivity contribution in [3.63, 3.8) is 0 Å². The molecule has 112 valence electrons. The fourth-order valence-electron chi connectivity index (χ4n) is 2.57. The summed E-state index contributed by atoms with van der Waals surface area (Å²) in [7, 11) is 0. The number of hydrogen-bond acceptors (Lipinski definition) is 5. The van der Waals surface area contributed by atoms with Crippen molar-refractivity contribution in [3.8, 4) is 0 Å². The third kappa shape index (κ3) is 3.79. The summed E-state index contributed by atoms with van der Waals surface area (Å²) in [5.74, 6) is 4.97. The number of likely N-dealkylation sites (tertiary alicyclic amines) is 1. The molecule has 1 amide bonds. The van der Waals surface area contributed by atoms with Crippen LogP contribution in [0.5, 0.6) is 0 Å². The monoisotopic (exact) mass is 297 g/mol. The lowest BCUT2D eigenvalue weighted by Crippen LogP contribution is -2.36. The molecule has 0 radical (unpaired) electrons. The first kappa shape index (κ1) is 15.4. The Balaban J connectivity index is 1.91. The quantitative estimate of drug-likeness (QED) is 0.493. The Bertz CT molecular complexity index is 453. The molecule has 0 bridgehead atoms. The van der Waals surface area contributed by atoms with Crippen LogP contribution in [0.2, 0.25) is 0 Å². The lowest BCUT2D eigenvalue weighted by molar-refractivity contribution is 0.0125. The zero-order valence-electron chi connectivity index (χ0n) is 12.1. The van der Waals surface area contributed by atoms with E-state index in [9.17, 15) is 4.79 Å². The van der Waals surface area contributed by atoms with Gasteiger partial charge in [-0.1, -0.05) is 0 Å².